The summed E-state index contributed by atoms with van der Waals surface area (Å²) < 4.78 is 0. The highest BCUT2D eigenvalue weighted by Crippen LogP contribution is 2.24. The van der Waals surface area contributed by atoms with Gasteiger partial charge in [0.25, 0.3) is 17.5 Å². The normalized spacial score (nSPS) is 14.3. The minimum Gasteiger partial charge on any atom is -0.349 e. The molecule has 0 aliphatic carbocycles. The summed E-state index contributed by atoms with van der Waals surface area (Å²) in [5, 5.41) is 16.6. The Balaban J connectivity index is 1.37. The van der Waals surface area contributed by atoms with E-state index in [1.165, 1.54) is 12.1 Å². The van der Waals surface area contributed by atoms with Gasteiger partial charge in [-0.2, -0.15) is 0 Å². The molecule has 0 bridgehead atoms. The second-order valence-corrected chi connectivity index (χ2v) is 8.67. The number of piperidine rings is 1. The van der Waals surface area contributed by atoms with Crippen LogP contribution in [-0.2, 0) is 6.54 Å². The number of carbonyl (C=O) groups is 2. The summed E-state index contributed by atoms with van der Waals surface area (Å²) >= 11 is 6.08. The third-order valence-electron chi connectivity index (χ3n) is 5.86. The van der Waals surface area contributed by atoms with Crippen molar-refractivity contribution in [2.45, 2.75) is 25.4 Å². The maximum atomic E-state index is 13.0. The van der Waals surface area contributed by atoms with Gasteiger partial charge in [-0.3, -0.25) is 29.6 Å². The topological polar surface area (TPSA) is 117 Å². The molecule has 4 rings (SSSR count). The molecule has 3 aromatic rings. The summed E-state index contributed by atoms with van der Waals surface area (Å²) in [5.41, 5.74) is 1.55. The molecule has 2 aromatic carbocycles. The molecule has 2 N–H and O–H groups in total. The quantitative estimate of drug-likeness (QED) is 0.374. The van der Waals surface area contributed by atoms with Crippen LogP contribution in [0.1, 0.15) is 39.3 Å². The molecule has 0 unspecified atom stereocenters. The largest absolute Gasteiger partial charge is 0.349 e. The summed E-state index contributed by atoms with van der Waals surface area (Å²) in [6, 6.07) is 16.2. The van der Waals surface area contributed by atoms with E-state index in [0.717, 1.165) is 44.2 Å². The van der Waals surface area contributed by atoms with Gasteiger partial charge in [-0.15, -0.1) is 0 Å². The fourth-order valence-electron chi connectivity index (χ4n) is 4.00. The first-order valence-corrected chi connectivity index (χ1v) is 11.6. The van der Waals surface area contributed by atoms with E-state index in [4.69, 9.17) is 11.6 Å². The Bertz CT molecular complexity index is 1230. The summed E-state index contributed by atoms with van der Waals surface area (Å²) in [5.74, 6) is -0.841. The number of rotatable bonds is 7. The first-order valence-electron chi connectivity index (χ1n) is 11.2. The fraction of sp³-hybridized carbons (Fsp3) is 0.240. The highest BCUT2D eigenvalue weighted by molar-refractivity contribution is 6.34. The van der Waals surface area contributed by atoms with Crippen LogP contribution in [0.25, 0.3) is 0 Å². The molecule has 1 fully saturated rings. The number of hydrogen-bond acceptors (Lipinski definition) is 6. The van der Waals surface area contributed by atoms with E-state index in [1.54, 1.807) is 30.5 Å². The van der Waals surface area contributed by atoms with Gasteiger partial charge in [-0.1, -0.05) is 29.8 Å². The number of nitro benzene ring substituents is 1. The Hall–Kier alpha value is -3.82. The Morgan fingerprint density at radius 1 is 1.03 bits per heavy atom. The molecule has 0 saturated carbocycles. The number of hydrogen-bond donors (Lipinski definition) is 2. The third kappa shape index (κ3) is 6.20. The molecule has 2 heterocycles. The Kier molecular flexibility index (Phi) is 7.69. The Morgan fingerprint density at radius 2 is 1.77 bits per heavy atom. The van der Waals surface area contributed by atoms with Gasteiger partial charge in [0.15, 0.2) is 0 Å². The molecule has 0 atom stereocenters. The van der Waals surface area contributed by atoms with Gasteiger partial charge in [-0.05, 0) is 43.2 Å². The van der Waals surface area contributed by atoms with Crippen molar-refractivity contribution in [3.63, 3.8) is 0 Å². The Morgan fingerprint density at radius 3 is 2.46 bits per heavy atom. The highest BCUT2D eigenvalue weighted by Gasteiger charge is 2.23. The second-order valence-electron chi connectivity index (χ2n) is 8.27. The fourth-order valence-corrected chi connectivity index (χ4v) is 4.26. The molecular formula is C25H24ClN5O4. The minimum atomic E-state index is -0.587. The van der Waals surface area contributed by atoms with Crippen molar-refractivity contribution in [2.75, 3.05) is 18.4 Å². The van der Waals surface area contributed by atoms with Crippen molar-refractivity contribution in [1.29, 1.82) is 0 Å². The molecule has 10 heteroatoms. The molecule has 1 saturated heterocycles. The van der Waals surface area contributed by atoms with E-state index in [1.807, 2.05) is 18.2 Å². The molecule has 0 spiro atoms. The molecule has 180 valence electrons. The van der Waals surface area contributed by atoms with Crippen LogP contribution in [0.15, 0.2) is 66.9 Å². The lowest BCUT2D eigenvalue weighted by atomic mass is 10.0. The number of benzene rings is 2. The molecule has 35 heavy (non-hydrogen) atoms. The first kappa shape index (κ1) is 24.3. The van der Waals surface area contributed by atoms with Crippen molar-refractivity contribution >= 4 is 34.8 Å². The van der Waals surface area contributed by atoms with E-state index in [9.17, 15) is 19.7 Å². The van der Waals surface area contributed by atoms with Gasteiger partial charge in [-0.25, -0.2) is 0 Å². The van der Waals surface area contributed by atoms with Crippen molar-refractivity contribution < 1.29 is 14.5 Å². The van der Waals surface area contributed by atoms with Crippen LogP contribution in [0, 0.1) is 10.1 Å². The number of nitro groups is 1. The minimum absolute atomic E-state index is 0.0235. The van der Waals surface area contributed by atoms with Crippen LogP contribution in [0.5, 0.6) is 0 Å². The van der Waals surface area contributed by atoms with Crippen molar-refractivity contribution in [1.82, 2.24) is 15.2 Å². The van der Waals surface area contributed by atoms with E-state index < -0.39 is 10.8 Å². The van der Waals surface area contributed by atoms with E-state index in [2.05, 4.69) is 20.5 Å². The summed E-state index contributed by atoms with van der Waals surface area (Å²) in [6.45, 7) is 2.47. The molecule has 0 radical (unpaired) electrons. The molecular weight excluding hydrogens is 470 g/mol. The van der Waals surface area contributed by atoms with Crippen molar-refractivity contribution in [2.24, 2.45) is 0 Å². The van der Waals surface area contributed by atoms with Crippen LogP contribution in [-0.4, -0.2) is 45.8 Å². The highest BCUT2D eigenvalue weighted by atomic mass is 35.5. The summed E-state index contributed by atoms with van der Waals surface area (Å²) in [7, 11) is 0. The third-order valence-corrected chi connectivity index (χ3v) is 6.18. The lowest BCUT2D eigenvalue weighted by Gasteiger charge is -2.32. The van der Waals surface area contributed by atoms with Crippen LogP contribution in [0.2, 0.25) is 5.02 Å². The molecule has 1 aromatic heterocycles. The van der Waals surface area contributed by atoms with Crippen molar-refractivity contribution in [3.05, 3.63) is 98.8 Å². The van der Waals surface area contributed by atoms with Crippen LogP contribution in [0.4, 0.5) is 11.4 Å². The maximum Gasteiger partial charge on any atom is 0.270 e. The van der Waals surface area contributed by atoms with E-state index >= 15 is 0 Å². The summed E-state index contributed by atoms with van der Waals surface area (Å²) in [6.07, 6.45) is 3.41. The number of aromatic nitrogens is 1. The number of anilines is 1. The number of para-hydroxylation sites is 1. The number of nitrogens with zero attached hydrogens (tertiary/aromatic N) is 3. The number of nitrogens with one attached hydrogen (secondary N) is 2. The van der Waals surface area contributed by atoms with Crippen LogP contribution >= 0.6 is 11.6 Å². The molecule has 2 amide bonds. The first-order chi connectivity index (χ1) is 16.9. The number of likely N-dealkylation sites (tertiary alicyclic amines) is 1. The smallest absolute Gasteiger partial charge is 0.270 e. The zero-order valence-corrected chi connectivity index (χ0v) is 19.6. The van der Waals surface area contributed by atoms with Gasteiger partial charge in [0.05, 0.1) is 32.5 Å². The zero-order chi connectivity index (χ0) is 24.8. The number of non-ortho nitro benzene ring substituents is 1. The number of carbonyl (C=O) groups excluding carboxylic acids is 2. The van der Waals surface area contributed by atoms with Gasteiger partial charge in [0.1, 0.15) is 0 Å². The standard InChI is InChI=1S/C25H24ClN5O4/c26-22-15-19(31(34)35)8-9-20(22)24(32)29-23-7-2-1-6-21(23)25(33)28-17-10-13-30(14-11-17)16-18-5-3-4-12-27-18/h1-9,12,15,17H,10-11,13-14,16H2,(H,28,33)(H,29,32). The average Bonchev–Trinajstić information content (AvgIpc) is 2.86. The van der Waals surface area contributed by atoms with Gasteiger partial charge < -0.3 is 10.6 Å². The predicted octanol–water partition coefficient (Wildman–Crippen LogP) is 4.29. The zero-order valence-electron chi connectivity index (χ0n) is 18.8. The van der Waals surface area contributed by atoms with Crippen LogP contribution in [0.3, 0.4) is 0 Å². The van der Waals surface area contributed by atoms with Crippen molar-refractivity contribution in [3.8, 4) is 0 Å². The molecule has 9 nitrogen and oxygen atoms in total. The molecule has 1 aliphatic rings. The lowest BCUT2D eigenvalue weighted by molar-refractivity contribution is -0.384. The maximum absolute atomic E-state index is 13.0. The van der Waals surface area contributed by atoms with E-state index in [0.29, 0.717) is 11.3 Å². The van der Waals surface area contributed by atoms with Gasteiger partial charge >= 0.3 is 0 Å². The monoisotopic (exact) mass is 493 g/mol. The SMILES string of the molecule is O=C(Nc1ccccc1C(=O)NC1CCN(Cc2ccccn2)CC1)c1ccc([N+](=O)[O-])cc1Cl. The summed E-state index contributed by atoms with van der Waals surface area (Å²) in [4.78, 5) is 42.8. The number of amides is 2. The predicted molar refractivity (Wildman–Crippen MR) is 133 cm³/mol. The second kappa shape index (κ2) is 11.1. The lowest BCUT2D eigenvalue weighted by Crippen LogP contribution is -2.44. The Labute approximate surface area is 207 Å². The number of halogens is 1. The van der Waals surface area contributed by atoms with Gasteiger partial charge in [0.2, 0.25) is 0 Å². The number of pyridine rings is 1. The van der Waals surface area contributed by atoms with Crippen LogP contribution < -0.4 is 10.6 Å². The van der Waals surface area contributed by atoms with E-state index in [-0.39, 0.29) is 28.2 Å². The molecule has 1 aliphatic heterocycles. The van der Waals surface area contributed by atoms with Gasteiger partial charge in [0, 0.05) is 44.0 Å². The average molecular weight is 494 g/mol.